The van der Waals surface area contributed by atoms with Crippen LogP contribution in [0.2, 0.25) is 0 Å². The molecule has 0 amide bonds. The zero-order valence-electron chi connectivity index (χ0n) is 8.98. The molecule has 1 aromatic heterocycles. The normalized spacial score (nSPS) is 20.1. The summed E-state index contributed by atoms with van der Waals surface area (Å²) in [5.74, 6) is 1.74. The highest BCUT2D eigenvalue weighted by molar-refractivity contribution is 5.53. The number of hydrogen-bond acceptors (Lipinski definition) is 3. The van der Waals surface area contributed by atoms with E-state index in [4.69, 9.17) is 0 Å². The van der Waals surface area contributed by atoms with Crippen LogP contribution < -0.4 is 5.32 Å². The molecule has 0 unspecified atom stereocenters. The lowest BCUT2D eigenvalue weighted by Crippen LogP contribution is -2.14. The second-order valence-electron chi connectivity index (χ2n) is 4.06. The number of H-pyrrole nitrogens is 1. The number of rotatable bonds is 2. The molecule has 1 atom stereocenters. The van der Waals surface area contributed by atoms with Crippen molar-refractivity contribution in [3.05, 3.63) is 36.2 Å². The van der Waals surface area contributed by atoms with E-state index in [9.17, 15) is 0 Å². The Hall–Kier alpha value is -1.68. The predicted octanol–water partition coefficient (Wildman–Crippen LogP) is 1.90. The molecular weight excluding hydrogens is 200 g/mol. The minimum absolute atomic E-state index is 0.352. The first-order valence-electron chi connectivity index (χ1n) is 5.64. The third kappa shape index (κ3) is 1.72. The summed E-state index contributed by atoms with van der Waals surface area (Å²) < 4.78 is 0. The smallest absolute Gasteiger partial charge is 0.181 e. The highest BCUT2D eigenvalue weighted by Gasteiger charge is 2.19. The topological polar surface area (TPSA) is 53.6 Å². The fourth-order valence-corrected chi connectivity index (χ4v) is 2.06. The monoisotopic (exact) mass is 214 g/mol. The van der Waals surface area contributed by atoms with E-state index in [0.717, 1.165) is 30.2 Å². The number of aromatic nitrogens is 3. The highest BCUT2D eigenvalue weighted by Crippen LogP contribution is 2.22. The Morgan fingerprint density at radius 2 is 2.06 bits per heavy atom. The Bertz CT molecular complexity index is 457. The number of nitrogens with one attached hydrogen (secondary N) is 2. The zero-order valence-corrected chi connectivity index (χ0v) is 8.98. The molecule has 1 aromatic carbocycles. The lowest BCUT2D eigenvalue weighted by molar-refractivity contribution is 0.608. The van der Waals surface area contributed by atoms with E-state index in [1.807, 2.05) is 30.3 Å². The van der Waals surface area contributed by atoms with Gasteiger partial charge in [-0.1, -0.05) is 30.3 Å². The average molecular weight is 214 g/mol. The van der Waals surface area contributed by atoms with E-state index >= 15 is 0 Å². The van der Waals surface area contributed by atoms with Gasteiger partial charge in [0.05, 0.1) is 6.04 Å². The third-order valence-electron chi connectivity index (χ3n) is 2.93. The van der Waals surface area contributed by atoms with Crippen molar-refractivity contribution in [1.29, 1.82) is 0 Å². The lowest BCUT2D eigenvalue weighted by Gasteiger charge is -2.03. The Labute approximate surface area is 94.1 Å². The molecule has 0 bridgehead atoms. The van der Waals surface area contributed by atoms with Crippen molar-refractivity contribution >= 4 is 0 Å². The fraction of sp³-hybridized carbons (Fsp3) is 0.333. The highest BCUT2D eigenvalue weighted by atomic mass is 15.2. The molecule has 1 aliphatic heterocycles. The van der Waals surface area contributed by atoms with Gasteiger partial charge in [0, 0.05) is 5.56 Å². The maximum Gasteiger partial charge on any atom is 0.181 e. The number of nitrogens with zero attached hydrogens (tertiary/aromatic N) is 2. The van der Waals surface area contributed by atoms with Crippen molar-refractivity contribution in [1.82, 2.24) is 20.5 Å². The van der Waals surface area contributed by atoms with Crippen molar-refractivity contribution in [2.75, 3.05) is 6.54 Å². The number of benzene rings is 1. The van der Waals surface area contributed by atoms with E-state index in [2.05, 4.69) is 20.5 Å². The van der Waals surface area contributed by atoms with Gasteiger partial charge in [0.1, 0.15) is 5.82 Å². The van der Waals surface area contributed by atoms with Gasteiger partial charge in [-0.05, 0) is 19.4 Å². The SMILES string of the molecule is c1ccc(-c2n[nH]c([C@@H]3CCCN3)n2)cc1. The van der Waals surface area contributed by atoms with Gasteiger partial charge < -0.3 is 5.32 Å². The summed E-state index contributed by atoms with van der Waals surface area (Å²) in [6, 6.07) is 10.4. The summed E-state index contributed by atoms with van der Waals surface area (Å²) in [6.45, 7) is 1.08. The summed E-state index contributed by atoms with van der Waals surface area (Å²) in [5, 5.41) is 10.7. The van der Waals surface area contributed by atoms with Gasteiger partial charge in [-0.2, -0.15) is 5.10 Å². The minimum Gasteiger partial charge on any atom is -0.307 e. The Balaban J connectivity index is 1.87. The Morgan fingerprint density at radius 1 is 1.19 bits per heavy atom. The van der Waals surface area contributed by atoms with Crippen LogP contribution >= 0.6 is 0 Å². The molecule has 4 heteroatoms. The van der Waals surface area contributed by atoms with Crippen molar-refractivity contribution in [3.8, 4) is 11.4 Å². The van der Waals surface area contributed by atoms with Crippen molar-refractivity contribution in [3.63, 3.8) is 0 Å². The molecule has 1 saturated heterocycles. The summed E-state index contributed by atoms with van der Waals surface area (Å²) in [6.07, 6.45) is 2.36. The first-order chi connectivity index (χ1) is 7.93. The number of aromatic amines is 1. The van der Waals surface area contributed by atoms with Gasteiger partial charge in [-0.3, -0.25) is 5.10 Å². The molecular formula is C12H14N4. The molecule has 1 fully saturated rings. The number of hydrogen-bond donors (Lipinski definition) is 2. The molecule has 4 nitrogen and oxygen atoms in total. The molecule has 1 aliphatic rings. The molecule has 0 saturated carbocycles. The summed E-state index contributed by atoms with van der Waals surface area (Å²) in [7, 11) is 0. The first-order valence-corrected chi connectivity index (χ1v) is 5.64. The molecule has 0 aliphatic carbocycles. The maximum absolute atomic E-state index is 4.53. The van der Waals surface area contributed by atoms with E-state index in [1.165, 1.54) is 6.42 Å². The van der Waals surface area contributed by atoms with Crippen LogP contribution in [-0.2, 0) is 0 Å². The van der Waals surface area contributed by atoms with Gasteiger partial charge in [0.15, 0.2) is 5.82 Å². The third-order valence-corrected chi connectivity index (χ3v) is 2.93. The largest absolute Gasteiger partial charge is 0.307 e. The summed E-state index contributed by atoms with van der Waals surface area (Å²) in [5.41, 5.74) is 1.06. The van der Waals surface area contributed by atoms with Crippen molar-refractivity contribution in [2.24, 2.45) is 0 Å². The predicted molar refractivity (Wildman–Crippen MR) is 61.8 cm³/mol. The van der Waals surface area contributed by atoms with Crippen LogP contribution in [0.5, 0.6) is 0 Å². The average Bonchev–Trinajstić information content (AvgIpc) is 3.01. The second kappa shape index (κ2) is 4.06. The van der Waals surface area contributed by atoms with Crippen LogP contribution in [0, 0.1) is 0 Å². The quantitative estimate of drug-likeness (QED) is 0.802. The van der Waals surface area contributed by atoms with Gasteiger partial charge in [0.2, 0.25) is 0 Å². The van der Waals surface area contributed by atoms with Crippen LogP contribution in [0.3, 0.4) is 0 Å². The standard InChI is InChI=1S/C12H14N4/c1-2-5-9(6-3-1)11-14-12(16-15-11)10-7-4-8-13-10/h1-3,5-6,10,13H,4,7-8H2,(H,14,15,16)/t10-/m0/s1. The van der Waals surface area contributed by atoms with Gasteiger partial charge in [-0.15, -0.1) is 0 Å². The van der Waals surface area contributed by atoms with Crippen LogP contribution in [0.1, 0.15) is 24.7 Å². The van der Waals surface area contributed by atoms with Crippen LogP contribution in [0.25, 0.3) is 11.4 Å². The van der Waals surface area contributed by atoms with Crippen LogP contribution in [0.4, 0.5) is 0 Å². The molecule has 0 radical (unpaired) electrons. The molecule has 2 N–H and O–H groups in total. The van der Waals surface area contributed by atoms with Gasteiger partial charge in [-0.25, -0.2) is 4.98 Å². The minimum atomic E-state index is 0.352. The van der Waals surface area contributed by atoms with Gasteiger partial charge in [0.25, 0.3) is 0 Å². The van der Waals surface area contributed by atoms with E-state index in [1.54, 1.807) is 0 Å². The summed E-state index contributed by atoms with van der Waals surface area (Å²) >= 11 is 0. The maximum atomic E-state index is 4.53. The lowest BCUT2D eigenvalue weighted by atomic mass is 10.2. The first kappa shape index (κ1) is 9.54. The molecule has 0 spiro atoms. The van der Waals surface area contributed by atoms with Crippen molar-refractivity contribution < 1.29 is 0 Å². The molecule has 82 valence electrons. The van der Waals surface area contributed by atoms with E-state index in [0.29, 0.717) is 6.04 Å². The molecule has 3 rings (SSSR count). The van der Waals surface area contributed by atoms with Crippen LogP contribution in [-0.4, -0.2) is 21.7 Å². The molecule has 2 heterocycles. The second-order valence-corrected chi connectivity index (χ2v) is 4.06. The Morgan fingerprint density at radius 3 is 2.81 bits per heavy atom. The molecule has 2 aromatic rings. The van der Waals surface area contributed by atoms with Crippen LogP contribution in [0.15, 0.2) is 30.3 Å². The van der Waals surface area contributed by atoms with E-state index < -0.39 is 0 Å². The van der Waals surface area contributed by atoms with Gasteiger partial charge >= 0.3 is 0 Å². The summed E-state index contributed by atoms with van der Waals surface area (Å²) in [4.78, 5) is 4.53. The fourth-order valence-electron chi connectivity index (χ4n) is 2.06. The molecule has 16 heavy (non-hydrogen) atoms. The Kier molecular flexibility index (Phi) is 2.42. The zero-order chi connectivity index (χ0) is 10.8. The van der Waals surface area contributed by atoms with Crippen molar-refractivity contribution in [2.45, 2.75) is 18.9 Å². The van der Waals surface area contributed by atoms with E-state index in [-0.39, 0.29) is 0 Å².